The highest BCUT2D eigenvalue weighted by molar-refractivity contribution is 5.76. The minimum absolute atomic E-state index is 0.0834. The van der Waals surface area contributed by atoms with Crippen LogP contribution in [0.15, 0.2) is 0 Å². The van der Waals surface area contributed by atoms with Gasteiger partial charge < -0.3 is 15.0 Å². The summed E-state index contributed by atoms with van der Waals surface area (Å²) in [6.45, 7) is 1.78. The molecule has 0 spiro atoms. The van der Waals surface area contributed by atoms with Crippen LogP contribution in [0.25, 0.3) is 0 Å². The number of ether oxygens (including phenoxy) is 1. The fraction of sp³-hybridized carbons (Fsp3) is 0.900. The first-order chi connectivity index (χ1) is 6.65. The Bertz CT molecular complexity index is 191. The average Bonchev–Trinajstić information content (AvgIpc) is 2.94. The van der Waals surface area contributed by atoms with Crippen LogP contribution in [-0.2, 0) is 9.53 Å². The molecule has 0 aromatic rings. The fourth-order valence-electron chi connectivity index (χ4n) is 1.44. The third-order valence-electron chi connectivity index (χ3n) is 2.47. The highest BCUT2D eigenvalue weighted by Crippen LogP contribution is 2.32. The molecule has 0 bridgehead atoms. The van der Waals surface area contributed by atoms with E-state index in [2.05, 4.69) is 10.2 Å². The lowest BCUT2D eigenvalue weighted by Gasteiger charge is -2.17. The van der Waals surface area contributed by atoms with Crippen molar-refractivity contribution in [3.05, 3.63) is 0 Å². The zero-order chi connectivity index (χ0) is 10.6. The molecule has 0 heterocycles. The van der Waals surface area contributed by atoms with Gasteiger partial charge >= 0.3 is 5.97 Å². The molecular formula is C10H20N2O2. The molecular weight excluding hydrogens is 180 g/mol. The van der Waals surface area contributed by atoms with Crippen molar-refractivity contribution < 1.29 is 9.53 Å². The number of hydrogen-bond donors (Lipinski definition) is 1. The Kier molecular flexibility index (Phi) is 4.35. The maximum Gasteiger partial charge on any atom is 0.323 e. The average molecular weight is 200 g/mol. The molecule has 82 valence electrons. The maximum atomic E-state index is 11.4. The second kappa shape index (κ2) is 5.32. The number of hydrogen-bond acceptors (Lipinski definition) is 4. The summed E-state index contributed by atoms with van der Waals surface area (Å²) in [6.07, 6.45) is 2.30. The van der Waals surface area contributed by atoms with E-state index in [1.54, 1.807) is 0 Å². The van der Waals surface area contributed by atoms with Crippen LogP contribution in [0.3, 0.4) is 0 Å². The molecule has 1 rings (SSSR count). The van der Waals surface area contributed by atoms with Crippen LogP contribution in [0.2, 0.25) is 0 Å². The molecule has 0 radical (unpaired) electrons. The smallest absolute Gasteiger partial charge is 0.323 e. The SMILES string of the molecule is COC(=O)C(NCCN(C)C)C1CC1. The molecule has 1 N–H and O–H groups in total. The van der Waals surface area contributed by atoms with Gasteiger partial charge in [0.25, 0.3) is 0 Å². The van der Waals surface area contributed by atoms with Crippen LogP contribution in [0, 0.1) is 5.92 Å². The summed E-state index contributed by atoms with van der Waals surface area (Å²) in [7, 11) is 5.49. The zero-order valence-corrected chi connectivity index (χ0v) is 9.25. The predicted molar refractivity (Wildman–Crippen MR) is 55.1 cm³/mol. The summed E-state index contributed by atoms with van der Waals surface area (Å²) in [5.74, 6) is 0.385. The lowest BCUT2D eigenvalue weighted by Crippen LogP contribution is -2.42. The minimum Gasteiger partial charge on any atom is -0.468 e. The van der Waals surface area contributed by atoms with Crippen LogP contribution in [0.4, 0.5) is 0 Å². The fourth-order valence-corrected chi connectivity index (χ4v) is 1.44. The Morgan fingerprint density at radius 2 is 2.21 bits per heavy atom. The first kappa shape index (κ1) is 11.5. The second-order valence-corrected chi connectivity index (χ2v) is 4.10. The van der Waals surface area contributed by atoms with E-state index in [0.29, 0.717) is 5.92 Å². The van der Waals surface area contributed by atoms with Crippen molar-refractivity contribution in [3.63, 3.8) is 0 Å². The van der Waals surface area contributed by atoms with E-state index < -0.39 is 0 Å². The van der Waals surface area contributed by atoms with Gasteiger partial charge in [-0.1, -0.05) is 0 Å². The van der Waals surface area contributed by atoms with E-state index in [1.165, 1.54) is 7.11 Å². The predicted octanol–water partition coefficient (Wildman–Crippen LogP) is 0.0892. The van der Waals surface area contributed by atoms with Crippen LogP contribution in [-0.4, -0.2) is 51.2 Å². The normalized spacial score (nSPS) is 18.3. The van der Waals surface area contributed by atoms with E-state index >= 15 is 0 Å². The molecule has 0 aromatic heterocycles. The molecule has 4 heteroatoms. The Morgan fingerprint density at radius 3 is 2.64 bits per heavy atom. The quantitative estimate of drug-likeness (QED) is 0.617. The van der Waals surface area contributed by atoms with Crippen LogP contribution in [0.1, 0.15) is 12.8 Å². The Hall–Kier alpha value is -0.610. The van der Waals surface area contributed by atoms with Gasteiger partial charge in [-0.05, 0) is 32.9 Å². The molecule has 1 saturated carbocycles. The molecule has 0 aromatic carbocycles. The van der Waals surface area contributed by atoms with Gasteiger partial charge in [0.05, 0.1) is 7.11 Å². The number of rotatable bonds is 6. The van der Waals surface area contributed by atoms with E-state index in [1.807, 2.05) is 14.1 Å². The zero-order valence-electron chi connectivity index (χ0n) is 9.25. The van der Waals surface area contributed by atoms with Gasteiger partial charge in [-0.25, -0.2) is 0 Å². The van der Waals surface area contributed by atoms with Gasteiger partial charge in [0, 0.05) is 13.1 Å². The van der Waals surface area contributed by atoms with Crippen molar-refractivity contribution in [2.75, 3.05) is 34.3 Å². The molecule has 1 aliphatic rings. The summed E-state index contributed by atoms with van der Waals surface area (Å²) >= 11 is 0. The third-order valence-corrected chi connectivity index (χ3v) is 2.47. The highest BCUT2D eigenvalue weighted by atomic mass is 16.5. The molecule has 1 aliphatic carbocycles. The Morgan fingerprint density at radius 1 is 1.57 bits per heavy atom. The number of nitrogens with zero attached hydrogens (tertiary/aromatic N) is 1. The van der Waals surface area contributed by atoms with Crippen LogP contribution < -0.4 is 5.32 Å². The Balaban J connectivity index is 2.25. The van der Waals surface area contributed by atoms with Gasteiger partial charge in [0.15, 0.2) is 0 Å². The first-order valence-corrected chi connectivity index (χ1v) is 5.11. The summed E-state index contributed by atoms with van der Waals surface area (Å²) in [6, 6.07) is -0.0834. The topological polar surface area (TPSA) is 41.6 Å². The van der Waals surface area contributed by atoms with E-state index in [-0.39, 0.29) is 12.0 Å². The molecule has 1 unspecified atom stereocenters. The monoisotopic (exact) mass is 200 g/mol. The second-order valence-electron chi connectivity index (χ2n) is 4.10. The highest BCUT2D eigenvalue weighted by Gasteiger charge is 2.36. The number of nitrogens with one attached hydrogen (secondary N) is 1. The largest absolute Gasteiger partial charge is 0.468 e. The number of carbonyl (C=O) groups is 1. The summed E-state index contributed by atoms with van der Waals surface area (Å²) in [5, 5.41) is 3.25. The summed E-state index contributed by atoms with van der Waals surface area (Å²) in [5.41, 5.74) is 0. The molecule has 4 nitrogen and oxygen atoms in total. The number of methoxy groups -OCH3 is 1. The van der Waals surface area contributed by atoms with Gasteiger partial charge in [-0.15, -0.1) is 0 Å². The van der Waals surface area contributed by atoms with Crippen molar-refractivity contribution in [2.45, 2.75) is 18.9 Å². The Labute approximate surface area is 85.6 Å². The van der Waals surface area contributed by atoms with Gasteiger partial charge in [-0.3, -0.25) is 4.79 Å². The first-order valence-electron chi connectivity index (χ1n) is 5.11. The van der Waals surface area contributed by atoms with Crippen molar-refractivity contribution in [3.8, 4) is 0 Å². The van der Waals surface area contributed by atoms with E-state index in [4.69, 9.17) is 4.74 Å². The molecule has 1 atom stereocenters. The number of esters is 1. The molecule has 0 amide bonds. The number of carbonyl (C=O) groups excluding carboxylic acids is 1. The van der Waals surface area contributed by atoms with E-state index in [0.717, 1.165) is 25.9 Å². The van der Waals surface area contributed by atoms with Crippen molar-refractivity contribution in [1.82, 2.24) is 10.2 Å². The molecule has 0 aliphatic heterocycles. The van der Waals surface area contributed by atoms with Gasteiger partial charge in [-0.2, -0.15) is 0 Å². The minimum atomic E-state index is -0.119. The van der Waals surface area contributed by atoms with Gasteiger partial charge in [0.2, 0.25) is 0 Å². The summed E-state index contributed by atoms with van der Waals surface area (Å²) in [4.78, 5) is 13.5. The lowest BCUT2D eigenvalue weighted by atomic mass is 10.2. The van der Waals surface area contributed by atoms with Crippen LogP contribution in [0.5, 0.6) is 0 Å². The van der Waals surface area contributed by atoms with Crippen molar-refractivity contribution in [2.24, 2.45) is 5.92 Å². The van der Waals surface area contributed by atoms with Gasteiger partial charge in [0.1, 0.15) is 6.04 Å². The number of likely N-dealkylation sites (N-methyl/N-ethyl adjacent to an activating group) is 1. The molecule has 14 heavy (non-hydrogen) atoms. The lowest BCUT2D eigenvalue weighted by molar-refractivity contribution is -0.143. The van der Waals surface area contributed by atoms with Crippen LogP contribution >= 0.6 is 0 Å². The third kappa shape index (κ3) is 3.64. The molecule has 0 saturated heterocycles. The van der Waals surface area contributed by atoms with E-state index in [9.17, 15) is 4.79 Å². The standard InChI is InChI=1S/C10H20N2O2/c1-12(2)7-6-11-9(8-4-5-8)10(13)14-3/h8-9,11H,4-7H2,1-3H3. The molecule has 1 fully saturated rings. The van der Waals surface area contributed by atoms with Crippen molar-refractivity contribution in [1.29, 1.82) is 0 Å². The maximum absolute atomic E-state index is 11.4. The van der Waals surface area contributed by atoms with Crippen molar-refractivity contribution >= 4 is 5.97 Å². The summed E-state index contributed by atoms with van der Waals surface area (Å²) < 4.78 is 4.76.